The molecule has 21 heavy (non-hydrogen) atoms. The van der Waals surface area contributed by atoms with Crippen molar-refractivity contribution >= 4 is 15.9 Å². The Morgan fingerprint density at radius 3 is 2.43 bits per heavy atom. The van der Waals surface area contributed by atoms with Gasteiger partial charge in [-0.1, -0.05) is 27.7 Å². The molecule has 120 valence electrons. The van der Waals surface area contributed by atoms with E-state index in [1.54, 1.807) is 7.11 Å². The molecular weight excluding hydrogens is 333 g/mol. The maximum Gasteiger partial charge on any atom is 0.141 e. The molecule has 0 saturated heterocycles. The number of hydrogen-bond donors (Lipinski definition) is 1. The van der Waals surface area contributed by atoms with Gasteiger partial charge in [0.05, 0.1) is 11.6 Å². The molecule has 0 radical (unpaired) electrons. The van der Waals surface area contributed by atoms with Gasteiger partial charge in [-0.2, -0.15) is 0 Å². The van der Waals surface area contributed by atoms with Crippen LogP contribution in [0, 0.1) is 17.2 Å². The number of rotatable bonds is 6. The van der Waals surface area contributed by atoms with E-state index < -0.39 is 0 Å². The summed E-state index contributed by atoms with van der Waals surface area (Å²) in [5.41, 5.74) is 1.31. The molecule has 0 fully saturated rings. The van der Waals surface area contributed by atoms with Gasteiger partial charge in [-0.05, 0) is 53.2 Å². The highest BCUT2D eigenvalue weighted by atomic mass is 79.9. The van der Waals surface area contributed by atoms with Crippen molar-refractivity contribution in [3.63, 3.8) is 0 Å². The van der Waals surface area contributed by atoms with Gasteiger partial charge in [0.25, 0.3) is 0 Å². The van der Waals surface area contributed by atoms with Crippen LogP contribution in [0.15, 0.2) is 16.6 Å². The molecule has 0 aliphatic heterocycles. The molecule has 0 saturated carbocycles. The summed E-state index contributed by atoms with van der Waals surface area (Å²) in [5.74, 6) is 0.863. The Morgan fingerprint density at radius 2 is 1.95 bits per heavy atom. The number of ether oxygens (including phenoxy) is 1. The summed E-state index contributed by atoms with van der Waals surface area (Å²) in [5, 5.41) is 3.33. The average Bonchev–Trinajstić information content (AvgIpc) is 2.36. The monoisotopic (exact) mass is 359 g/mol. The molecule has 1 N–H and O–H groups in total. The normalized spacial score (nSPS) is 14.9. The van der Waals surface area contributed by atoms with Gasteiger partial charge in [0, 0.05) is 17.7 Å². The van der Waals surface area contributed by atoms with E-state index >= 15 is 0 Å². The van der Waals surface area contributed by atoms with Gasteiger partial charge in [0.15, 0.2) is 0 Å². The lowest BCUT2D eigenvalue weighted by Crippen LogP contribution is -2.22. The standard InChI is InChI=1S/C17H27BrFNO/c1-11(10-17(2,3)4)7-15(20-5)12-8-13(18)14(19)9-16(12)21-6/h8-9,11,15,20H,7,10H2,1-6H3. The smallest absolute Gasteiger partial charge is 0.141 e. The zero-order valence-electron chi connectivity index (χ0n) is 13.9. The van der Waals surface area contributed by atoms with E-state index in [0.717, 1.165) is 18.4 Å². The molecule has 0 aliphatic carbocycles. The van der Waals surface area contributed by atoms with Crippen LogP contribution < -0.4 is 10.1 Å². The van der Waals surface area contributed by atoms with Crippen LogP contribution in [0.3, 0.4) is 0 Å². The summed E-state index contributed by atoms with van der Waals surface area (Å²) in [6.07, 6.45) is 2.14. The lowest BCUT2D eigenvalue weighted by atomic mass is 9.82. The Labute approximate surface area is 136 Å². The number of hydrogen-bond acceptors (Lipinski definition) is 2. The summed E-state index contributed by atoms with van der Waals surface area (Å²) >= 11 is 3.26. The molecule has 2 atom stereocenters. The molecule has 2 nitrogen and oxygen atoms in total. The summed E-state index contributed by atoms with van der Waals surface area (Å²) in [6.45, 7) is 9.04. The first-order chi connectivity index (χ1) is 9.67. The number of benzene rings is 1. The number of nitrogens with one attached hydrogen (secondary N) is 1. The summed E-state index contributed by atoms with van der Waals surface area (Å²) in [4.78, 5) is 0. The van der Waals surface area contributed by atoms with Gasteiger partial charge in [0.2, 0.25) is 0 Å². The fourth-order valence-corrected chi connectivity index (χ4v) is 3.29. The molecule has 1 rings (SSSR count). The maximum absolute atomic E-state index is 13.7. The largest absolute Gasteiger partial charge is 0.496 e. The summed E-state index contributed by atoms with van der Waals surface area (Å²) in [6, 6.07) is 3.41. The lowest BCUT2D eigenvalue weighted by Gasteiger charge is -2.27. The van der Waals surface area contributed by atoms with Crippen LogP contribution in [0.2, 0.25) is 0 Å². The van der Waals surface area contributed by atoms with E-state index in [1.807, 2.05) is 13.1 Å². The number of halogens is 2. The van der Waals surface area contributed by atoms with Crippen molar-refractivity contribution in [2.24, 2.45) is 11.3 Å². The van der Waals surface area contributed by atoms with Gasteiger partial charge < -0.3 is 10.1 Å². The quantitative estimate of drug-likeness (QED) is 0.741. The van der Waals surface area contributed by atoms with Crippen molar-refractivity contribution in [2.45, 2.75) is 46.6 Å². The van der Waals surface area contributed by atoms with Crippen molar-refractivity contribution in [3.8, 4) is 5.75 Å². The molecule has 0 aliphatic rings. The molecule has 0 amide bonds. The van der Waals surface area contributed by atoms with Crippen LogP contribution >= 0.6 is 15.9 Å². The van der Waals surface area contributed by atoms with Gasteiger partial charge in [-0.15, -0.1) is 0 Å². The zero-order chi connectivity index (χ0) is 16.2. The third-order valence-corrected chi connectivity index (χ3v) is 4.20. The zero-order valence-corrected chi connectivity index (χ0v) is 15.5. The Hall–Kier alpha value is -0.610. The molecule has 4 heteroatoms. The molecule has 0 heterocycles. The second kappa shape index (κ2) is 7.59. The van der Waals surface area contributed by atoms with Gasteiger partial charge >= 0.3 is 0 Å². The third kappa shape index (κ3) is 5.59. The van der Waals surface area contributed by atoms with E-state index in [-0.39, 0.29) is 11.9 Å². The van der Waals surface area contributed by atoms with Crippen molar-refractivity contribution < 1.29 is 9.13 Å². The van der Waals surface area contributed by atoms with Crippen LogP contribution in [-0.2, 0) is 0 Å². The lowest BCUT2D eigenvalue weighted by molar-refractivity contribution is 0.277. The van der Waals surface area contributed by atoms with E-state index in [9.17, 15) is 4.39 Å². The highest BCUT2D eigenvalue weighted by Crippen LogP contribution is 2.36. The first kappa shape index (κ1) is 18.4. The summed E-state index contributed by atoms with van der Waals surface area (Å²) in [7, 11) is 3.52. The van der Waals surface area contributed by atoms with Crippen molar-refractivity contribution in [1.82, 2.24) is 5.32 Å². The highest BCUT2D eigenvalue weighted by Gasteiger charge is 2.22. The van der Waals surface area contributed by atoms with E-state index in [2.05, 4.69) is 48.9 Å². The van der Waals surface area contributed by atoms with E-state index in [4.69, 9.17) is 4.74 Å². The van der Waals surface area contributed by atoms with Crippen molar-refractivity contribution in [2.75, 3.05) is 14.2 Å². The minimum atomic E-state index is -0.298. The highest BCUT2D eigenvalue weighted by molar-refractivity contribution is 9.10. The van der Waals surface area contributed by atoms with Gasteiger partial charge in [-0.25, -0.2) is 4.39 Å². The molecule has 0 aromatic heterocycles. The topological polar surface area (TPSA) is 21.3 Å². The minimum Gasteiger partial charge on any atom is -0.496 e. The molecule has 1 aromatic carbocycles. The molecule has 0 spiro atoms. The van der Waals surface area contributed by atoms with Crippen LogP contribution in [0.25, 0.3) is 0 Å². The first-order valence-electron chi connectivity index (χ1n) is 7.38. The molecule has 2 unspecified atom stereocenters. The van der Waals surface area contributed by atoms with E-state index in [1.165, 1.54) is 6.07 Å². The fourth-order valence-electron chi connectivity index (χ4n) is 2.92. The second-order valence-electron chi connectivity index (χ2n) is 6.96. The predicted octanol–water partition coefficient (Wildman–Crippen LogP) is 5.32. The fraction of sp³-hybridized carbons (Fsp3) is 0.647. The molecular formula is C17H27BrFNO. The molecule has 1 aromatic rings. The summed E-state index contributed by atoms with van der Waals surface area (Å²) < 4.78 is 19.5. The predicted molar refractivity (Wildman–Crippen MR) is 90.3 cm³/mol. The van der Waals surface area contributed by atoms with Crippen molar-refractivity contribution in [1.29, 1.82) is 0 Å². The van der Waals surface area contributed by atoms with Crippen LogP contribution in [0.4, 0.5) is 4.39 Å². The number of methoxy groups -OCH3 is 1. The second-order valence-corrected chi connectivity index (χ2v) is 7.81. The van der Waals surface area contributed by atoms with Crippen LogP contribution in [-0.4, -0.2) is 14.2 Å². The Kier molecular flexibility index (Phi) is 6.67. The van der Waals surface area contributed by atoms with E-state index in [0.29, 0.717) is 21.6 Å². The third-order valence-electron chi connectivity index (χ3n) is 3.60. The van der Waals surface area contributed by atoms with Crippen LogP contribution in [0.1, 0.15) is 52.1 Å². The Bertz CT molecular complexity index is 471. The molecule has 0 bridgehead atoms. The van der Waals surface area contributed by atoms with Gasteiger partial charge in [-0.3, -0.25) is 0 Å². The average molecular weight is 360 g/mol. The maximum atomic E-state index is 13.7. The van der Waals surface area contributed by atoms with Gasteiger partial charge in [0.1, 0.15) is 11.6 Å². The minimum absolute atomic E-state index is 0.147. The van der Waals surface area contributed by atoms with Crippen molar-refractivity contribution in [3.05, 3.63) is 28.0 Å². The Morgan fingerprint density at radius 1 is 1.33 bits per heavy atom. The first-order valence-corrected chi connectivity index (χ1v) is 8.17. The SMILES string of the molecule is CNC(CC(C)CC(C)(C)C)c1cc(Br)c(F)cc1OC. The Balaban J connectivity index is 2.97. The van der Waals surface area contributed by atoms with Crippen LogP contribution in [0.5, 0.6) is 5.75 Å².